The van der Waals surface area contributed by atoms with E-state index >= 15 is 0 Å². The molecule has 4 unspecified atom stereocenters. The van der Waals surface area contributed by atoms with Crippen LogP contribution in [0.3, 0.4) is 0 Å². The topological polar surface area (TPSA) is 12.0 Å². The molecule has 0 aromatic heterocycles. The summed E-state index contributed by atoms with van der Waals surface area (Å²) in [7, 11) is 0. The summed E-state index contributed by atoms with van der Waals surface area (Å²) in [6.45, 7) is 14.2. The first-order chi connectivity index (χ1) is 8.40. The van der Waals surface area contributed by atoms with Gasteiger partial charge in [0.25, 0.3) is 0 Å². The minimum Gasteiger partial charge on any atom is -0.311 e. The van der Waals surface area contributed by atoms with Crippen LogP contribution in [-0.2, 0) is 0 Å². The molecule has 0 heterocycles. The third kappa shape index (κ3) is 5.30. The summed E-state index contributed by atoms with van der Waals surface area (Å²) in [6, 6.07) is 1.44. The number of nitrogens with one attached hydrogen (secondary N) is 1. The van der Waals surface area contributed by atoms with E-state index in [0.29, 0.717) is 6.04 Å². The van der Waals surface area contributed by atoms with E-state index in [2.05, 4.69) is 46.9 Å². The maximum Gasteiger partial charge on any atom is 0.0103 e. The average Bonchev–Trinajstić information content (AvgIpc) is 2.26. The smallest absolute Gasteiger partial charge is 0.0103 e. The Morgan fingerprint density at radius 1 is 1.00 bits per heavy atom. The quantitative estimate of drug-likeness (QED) is 0.712. The summed E-state index contributed by atoms with van der Waals surface area (Å²) in [5.74, 6) is 3.46. The molecule has 0 radical (unpaired) electrons. The van der Waals surface area contributed by atoms with Crippen molar-refractivity contribution in [1.82, 2.24) is 5.32 Å². The molecule has 1 heteroatoms. The van der Waals surface area contributed by atoms with Crippen LogP contribution in [0.4, 0.5) is 0 Å². The fourth-order valence-corrected chi connectivity index (χ4v) is 3.43. The van der Waals surface area contributed by atoms with E-state index in [1.807, 2.05) is 0 Å². The predicted octanol–water partition coefficient (Wildman–Crippen LogP) is 4.86. The van der Waals surface area contributed by atoms with Gasteiger partial charge in [-0.05, 0) is 56.3 Å². The zero-order chi connectivity index (χ0) is 13.7. The Balaban J connectivity index is 2.44. The number of hydrogen-bond donors (Lipinski definition) is 1. The minimum absolute atomic E-state index is 0.684. The minimum atomic E-state index is 0.684. The summed E-state index contributed by atoms with van der Waals surface area (Å²) in [4.78, 5) is 0. The van der Waals surface area contributed by atoms with Crippen molar-refractivity contribution >= 4 is 0 Å². The molecule has 4 atom stereocenters. The number of hydrogen-bond acceptors (Lipinski definition) is 1. The summed E-state index contributed by atoms with van der Waals surface area (Å²) < 4.78 is 0. The predicted molar refractivity (Wildman–Crippen MR) is 81.8 cm³/mol. The SMILES string of the molecule is CC(C)CCC(C)NC1CC(C)CCC1C(C)C. The zero-order valence-corrected chi connectivity index (χ0v) is 13.5. The standard InChI is InChI=1S/C17H35N/c1-12(2)7-9-15(6)18-17-11-14(5)8-10-16(17)13(3)4/h12-18H,7-11H2,1-6H3. The first-order valence-electron chi connectivity index (χ1n) is 8.16. The normalized spacial score (nSPS) is 31.0. The van der Waals surface area contributed by atoms with Crippen LogP contribution in [-0.4, -0.2) is 12.1 Å². The molecule has 1 saturated carbocycles. The van der Waals surface area contributed by atoms with Crippen molar-refractivity contribution in [3.63, 3.8) is 0 Å². The van der Waals surface area contributed by atoms with Crippen molar-refractivity contribution in [3.05, 3.63) is 0 Å². The molecule has 108 valence electrons. The molecule has 1 rings (SSSR count). The highest BCUT2D eigenvalue weighted by Gasteiger charge is 2.31. The Morgan fingerprint density at radius 2 is 1.67 bits per heavy atom. The van der Waals surface area contributed by atoms with Crippen LogP contribution in [0.2, 0.25) is 0 Å². The van der Waals surface area contributed by atoms with Crippen LogP contribution in [0.1, 0.15) is 73.6 Å². The molecule has 0 aromatic rings. The first-order valence-corrected chi connectivity index (χ1v) is 8.16. The van der Waals surface area contributed by atoms with Crippen LogP contribution in [0.15, 0.2) is 0 Å². The lowest BCUT2D eigenvalue weighted by Gasteiger charge is -2.39. The van der Waals surface area contributed by atoms with Crippen LogP contribution >= 0.6 is 0 Å². The molecule has 1 nitrogen and oxygen atoms in total. The van der Waals surface area contributed by atoms with Crippen molar-refractivity contribution in [3.8, 4) is 0 Å². The highest BCUT2D eigenvalue weighted by Crippen LogP contribution is 2.33. The summed E-state index contributed by atoms with van der Waals surface area (Å²) in [5, 5.41) is 3.94. The van der Waals surface area contributed by atoms with Gasteiger partial charge in [-0.2, -0.15) is 0 Å². The third-order valence-electron chi connectivity index (χ3n) is 4.70. The van der Waals surface area contributed by atoms with E-state index in [-0.39, 0.29) is 0 Å². The average molecular weight is 253 g/mol. The van der Waals surface area contributed by atoms with Crippen molar-refractivity contribution < 1.29 is 0 Å². The third-order valence-corrected chi connectivity index (χ3v) is 4.70. The van der Waals surface area contributed by atoms with Crippen molar-refractivity contribution in [2.45, 2.75) is 85.7 Å². The van der Waals surface area contributed by atoms with Gasteiger partial charge in [-0.1, -0.05) is 41.0 Å². The molecule has 0 bridgehead atoms. The van der Waals surface area contributed by atoms with Gasteiger partial charge < -0.3 is 5.32 Å². The highest BCUT2D eigenvalue weighted by molar-refractivity contribution is 4.86. The van der Waals surface area contributed by atoms with Crippen molar-refractivity contribution in [2.75, 3.05) is 0 Å². The zero-order valence-electron chi connectivity index (χ0n) is 13.5. The molecular formula is C17H35N. The maximum atomic E-state index is 3.94. The van der Waals surface area contributed by atoms with Gasteiger partial charge in [0.15, 0.2) is 0 Å². The van der Waals surface area contributed by atoms with Gasteiger partial charge in [0.1, 0.15) is 0 Å². The maximum absolute atomic E-state index is 3.94. The van der Waals surface area contributed by atoms with Gasteiger partial charge in [0, 0.05) is 12.1 Å². The second-order valence-electron chi connectivity index (χ2n) is 7.47. The van der Waals surface area contributed by atoms with E-state index < -0.39 is 0 Å². The molecular weight excluding hydrogens is 218 g/mol. The van der Waals surface area contributed by atoms with Crippen LogP contribution in [0, 0.1) is 23.7 Å². The highest BCUT2D eigenvalue weighted by atomic mass is 15.0. The first kappa shape index (κ1) is 16.0. The molecule has 1 aliphatic rings. The second kappa shape index (κ2) is 7.53. The Hall–Kier alpha value is -0.0400. The van der Waals surface area contributed by atoms with Gasteiger partial charge in [-0.15, -0.1) is 0 Å². The van der Waals surface area contributed by atoms with Gasteiger partial charge in [-0.25, -0.2) is 0 Å². The van der Waals surface area contributed by atoms with E-state index in [9.17, 15) is 0 Å². The fraction of sp³-hybridized carbons (Fsp3) is 1.00. The molecule has 0 saturated heterocycles. The van der Waals surface area contributed by atoms with Crippen molar-refractivity contribution in [2.24, 2.45) is 23.7 Å². The molecule has 1 aliphatic carbocycles. The Kier molecular flexibility index (Phi) is 6.70. The van der Waals surface area contributed by atoms with Gasteiger partial charge in [0.05, 0.1) is 0 Å². The van der Waals surface area contributed by atoms with Crippen LogP contribution < -0.4 is 5.32 Å². The molecule has 18 heavy (non-hydrogen) atoms. The molecule has 1 N–H and O–H groups in total. The summed E-state index contributed by atoms with van der Waals surface area (Å²) in [5.41, 5.74) is 0. The second-order valence-corrected chi connectivity index (χ2v) is 7.47. The lowest BCUT2D eigenvalue weighted by Crippen LogP contribution is -2.46. The molecule has 1 fully saturated rings. The van der Waals surface area contributed by atoms with E-state index in [0.717, 1.165) is 29.7 Å². The molecule has 0 amide bonds. The van der Waals surface area contributed by atoms with E-state index in [1.165, 1.54) is 32.1 Å². The van der Waals surface area contributed by atoms with Gasteiger partial charge in [-0.3, -0.25) is 0 Å². The lowest BCUT2D eigenvalue weighted by atomic mass is 9.73. The summed E-state index contributed by atoms with van der Waals surface area (Å²) in [6.07, 6.45) is 6.92. The lowest BCUT2D eigenvalue weighted by molar-refractivity contribution is 0.158. The largest absolute Gasteiger partial charge is 0.311 e. The fourth-order valence-electron chi connectivity index (χ4n) is 3.43. The monoisotopic (exact) mass is 253 g/mol. The van der Waals surface area contributed by atoms with Gasteiger partial charge in [0.2, 0.25) is 0 Å². The van der Waals surface area contributed by atoms with E-state index in [4.69, 9.17) is 0 Å². The summed E-state index contributed by atoms with van der Waals surface area (Å²) >= 11 is 0. The van der Waals surface area contributed by atoms with Crippen LogP contribution in [0.5, 0.6) is 0 Å². The molecule has 0 aliphatic heterocycles. The molecule has 0 spiro atoms. The molecule has 0 aromatic carbocycles. The van der Waals surface area contributed by atoms with Gasteiger partial charge >= 0.3 is 0 Å². The van der Waals surface area contributed by atoms with Crippen LogP contribution in [0.25, 0.3) is 0 Å². The van der Waals surface area contributed by atoms with Crippen molar-refractivity contribution in [1.29, 1.82) is 0 Å². The Labute approximate surface area is 115 Å². The number of rotatable bonds is 6. The Morgan fingerprint density at radius 3 is 2.22 bits per heavy atom. The van der Waals surface area contributed by atoms with E-state index in [1.54, 1.807) is 0 Å². The Bertz CT molecular complexity index is 222.